The summed E-state index contributed by atoms with van der Waals surface area (Å²) in [5, 5.41) is 24.1. The maximum Gasteiger partial charge on any atom is 0.508 e. The van der Waals surface area contributed by atoms with Gasteiger partial charge in [0, 0.05) is 11.1 Å². The van der Waals surface area contributed by atoms with E-state index < -0.39 is 42.6 Å². The summed E-state index contributed by atoms with van der Waals surface area (Å²) < 4.78 is 16.2. The van der Waals surface area contributed by atoms with Crippen LogP contribution < -0.4 is 11.4 Å². The summed E-state index contributed by atoms with van der Waals surface area (Å²) in [6.45, 7) is 1.50. The number of aliphatic hydroxyl groups is 2. The fourth-order valence-corrected chi connectivity index (χ4v) is 2.98. The highest BCUT2D eigenvalue weighted by Gasteiger charge is 2.56. The zero-order valence-corrected chi connectivity index (χ0v) is 16.6. The van der Waals surface area contributed by atoms with Crippen LogP contribution in [0.15, 0.2) is 22.2 Å². The van der Waals surface area contributed by atoms with Crippen molar-refractivity contribution < 1.29 is 29.2 Å². The number of nitrogen functional groups attached to an aromatic ring is 1. The first kappa shape index (κ1) is 23.4. The van der Waals surface area contributed by atoms with Gasteiger partial charge in [0.05, 0.1) is 6.61 Å². The third-order valence-electron chi connectivity index (χ3n) is 4.61. The molecule has 1 aromatic rings. The lowest BCUT2D eigenvalue weighted by molar-refractivity contribution is -0.131. The van der Waals surface area contributed by atoms with Crippen LogP contribution in [0.3, 0.4) is 0 Å². The number of unbranched alkanes of at least 4 members (excludes halogenated alkanes) is 4. The Morgan fingerprint density at radius 3 is 2.80 bits per heavy atom. The summed E-state index contributed by atoms with van der Waals surface area (Å²) in [7, 11) is 0. The molecule has 30 heavy (non-hydrogen) atoms. The molecule has 13 heteroatoms. The maximum atomic E-state index is 12.0. The van der Waals surface area contributed by atoms with Crippen molar-refractivity contribution in [3.8, 4) is 0 Å². The van der Waals surface area contributed by atoms with Gasteiger partial charge < -0.3 is 30.2 Å². The first-order valence-electron chi connectivity index (χ1n) is 9.59. The van der Waals surface area contributed by atoms with Crippen molar-refractivity contribution in [1.82, 2.24) is 9.55 Å². The van der Waals surface area contributed by atoms with Gasteiger partial charge in [-0.1, -0.05) is 37.7 Å². The zero-order valence-electron chi connectivity index (χ0n) is 16.6. The molecule has 166 valence electrons. The minimum atomic E-state index is -2.17. The van der Waals surface area contributed by atoms with Crippen LogP contribution in [-0.4, -0.2) is 57.1 Å². The average Bonchev–Trinajstić information content (AvgIpc) is 2.95. The monoisotopic (exact) mass is 426 g/mol. The quantitative estimate of drug-likeness (QED) is 0.162. The van der Waals surface area contributed by atoms with Gasteiger partial charge in [0.1, 0.15) is 24.6 Å². The Kier molecular flexibility index (Phi) is 8.42. The fraction of sp³-hybridized carbons (Fsp3) is 0.706. The van der Waals surface area contributed by atoms with E-state index in [4.69, 9.17) is 25.5 Å². The number of aromatic nitrogens is 2. The van der Waals surface area contributed by atoms with Crippen LogP contribution in [0.4, 0.5) is 10.6 Å². The number of anilines is 1. The Morgan fingerprint density at radius 2 is 2.13 bits per heavy atom. The van der Waals surface area contributed by atoms with Crippen LogP contribution in [0.2, 0.25) is 0 Å². The normalized spacial score (nSPS) is 25.5. The molecule has 0 saturated carbocycles. The minimum absolute atomic E-state index is 0.0497. The van der Waals surface area contributed by atoms with Crippen molar-refractivity contribution in [2.45, 2.75) is 63.2 Å². The highest BCUT2D eigenvalue weighted by molar-refractivity contribution is 5.59. The summed E-state index contributed by atoms with van der Waals surface area (Å²) in [6, 6.07) is 1.28. The summed E-state index contributed by atoms with van der Waals surface area (Å²) in [6.07, 6.45) is 0.0261. The van der Waals surface area contributed by atoms with Crippen molar-refractivity contribution in [3.63, 3.8) is 0 Å². The number of azide groups is 1. The molecule has 1 aliphatic heterocycles. The topological polar surface area (TPSA) is 195 Å². The van der Waals surface area contributed by atoms with Gasteiger partial charge in [0.25, 0.3) is 0 Å². The minimum Gasteiger partial charge on any atom is -0.434 e. The Morgan fingerprint density at radius 1 is 1.40 bits per heavy atom. The number of rotatable bonds is 10. The van der Waals surface area contributed by atoms with E-state index >= 15 is 0 Å². The van der Waals surface area contributed by atoms with Crippen LogP contribution in [0.1, 0.15) is 45.3 Å². The SMILES string of the molecule is CCCCCCCOC(=O)OC[C@]1(N=[N+]=[N-])OC(n2ccc(N)nc2=O)[C@H](O)[C@@H]1O. The molecule has 0 aliphatic carbocycles. The van der Waals surface area contributed by atoms with Gasteiger partial charge in [-0.05, 0) is 18.0 Å². The lowest BCUT2D eigenvalue weighted by Crippen LogP contribution is -2.45. The molecule has 1 saturated heterocycles. The van der Waals surface area contributed by atoms with Crippen LogP contribution in [-0.2, 0) is 14.2 Å². The van der Waals surface area contributed by atoms with Gasteiger partial charge in [-0.15, -0.1) is 0 Å². The van der Waals surface area contributed by atoms with Gasteiger partial charge in [0.15, 0.2) is 6.23 Å². The third kappa shape index (κ3) is 5.60. The molecule has 0 aromatic carbocycles. The van der Waals surface area contributed by atoms with E-state index in [1.54, 1.807) is 0 Å². The van der Waals surface area contributed by atoms with Crippen molar-refractivity contribution in [2.75, 3.05) is 18.9 Å². The highest BCUT2D eigenvalue weighted by atomic mass is 16.7. The largest absolute Gasteiger partial charge is 0.508 e. The zero-order chi connectivity index (χ0) is 22.1. The number of carbonyl (C=O) groups is 1. The van der Waals surface area contributed by atoms with Crippen LogP contribution in [0.25, 0.3) is 10.4 Å². The van der Waals surface area contributed by atoms with Crippen LogP contribution in [0, 0.1) is 0 Å². The number of nitrogens with two attached hydrogens (primary N) is 1. The van der Waals surface area contributed by atoms with E-state index in [9.17, 15) is 19.8 Å². The second-order valence-electron chi connectivity index (χ2n) is 6.82. The number of aliphatic hydroxyl groups excluding tert-OH is 2. The van der Waals surface area contributed by atoms with E-state index in [0.717, 1.165) is 30.3 Å². The molecule has 0 bridgehead atoms. The molecule has 0 radical (unpaired) electrons. The van der Waals surface area contributed by atoms with Crippen molar-refractivity contribution in [1.29, 1.82) is 0 Å². The number of nitrogens with zero attached hydrogens (tertiary/aromatic N) is 5. The average molecular weight is 426 g/mol. The molecule has 4 N–H and O–H groups in total. The number of hydrogen-bond acceptors (Lipinski definition) is 10. The van der Waals surface area contributed by atoms with Gasteiger partial charge in [-0.2, -0.15) is 4.98 Å². The molecule has 1 unspecified atom stereocenters. The smallest absolute Gasteiger partial charge is 0.434 e. The van der Waals surface area contributed by atoms with Crippen molar-refractivity contribution in [3.05, 3.63) is 33.2 Å². The van der Waals surface area contributed by atoms with E-state index in [-0.39, 0.29) is 12.4 Å². The van der Waals surface area contributed by atoms with Crippen LogP contribution >= 0.6 is 0 Å². The number of carbonyl (C=O) groups excluding carboxylic acids is 1. The van der Waals surface area contributed by atoms with Gasteiger partial charge in [0.2, 0.25) is 5.72 Å². The molecular weight excluding hydrogens is 400 g/mol. The van der Waals surface area contributed by atoms with Crippen molar-refractivity contribution >= 4 is 12.0 Å². The molecule has 1 aromatic heterocycles. The van der Waals surface area contributed by atoms with E-state index in [1.807, 2.05) is 0 Å². The lowest BCUT2D eigenvalue weighted by Gasteiger charge is -2.25. The summed E-state index contributed by atoms with van der Waals surface area (Å²) in [5.74, 6) is -0.0497. The molecule has 0 spiro atoms. The maximum absolute atomic E-state index is 12.0. The molecule has 1 aliphatic rings. The number of hydrogen-bond donors (Lipinski definition) is 3. The second-order valence-corrected chi connectivity index (χ2v) is 6.82. The predicted molar refractivity (Wildman–Crippen MR) is 103 cm³/mol. The second kappa shape index (κ2) is 10.8. The van der Waals surface area contributed by atoms with Gasteiger partial charge in [-0.3, -0.25) is 4.57 Å². The predicted octanol–water partition coefficient (Wildman–Crippen LogP) is 1.21. The standard InChI is InChI=1S/C17H26N6O7/c1-2-3-4-5-6-9-28-16(27)29-10-17(21-22-19)13(25)12(24)14(30-17)23-8-7-11(18)20-15(23)26/h7-8,12-14,24-25H,2-6,9-10H2,1H3,(H2,18,20,26)/t12-,13+,14?,17+/m1/s1. The highest BCUT2D eigenvalue weighted by Crippen LogP contribution is 2.38. The number of ether oxygens (including phenoxy) is 3. The van der Waals surface area contributed by atoms with E-state index in [2.05, 4.69) is 21.9 Å². The Labute approximate surface area is 172 Å². The Bertz CT molecular complexity index is 827. The summed E-state index contributed by atoms with van der Waals surface area (Å²) >= 11 is 0. The van der Waals surface area contributed by atoms with Crippen molar-refractivity contribution in [2.24, 2.45) is 5.11 Å². The summed E-state index contributed by atoms with van der Waals surface area (Å²) in [5.41, 5.74) is 11.3. The third-order valence-corrected chi connectivity index (χ3v) is 4.61. The first-order chi connectivity index (χ1) is 14.3. The summed E-state index contributed by atoms with van der Waals surface area (Å²) in [4.78, 5) is 29.9. The first-order valence-corrected chi connectivity index (χ1v) is 9.59. The molecule has 4 atom stereocenters. The molecule has 2 rings (SSSR count). The Balaban J connectivity index is 2.01. The molecule has 13 nitrogen and oxygen atoms in total. The molecular formula is C17H26N6O7. The van der Waals surface area contributed by atoms with Gasteiger partial charge >= 0.3 is 11.8 Å². The lowest BCUT2D eigenvalue weighted by atomic mass is 10.1. The van der Waals surface area contributed by atoms with E-state index in [1.165, 1.54) is 12.3 Å². The Hall–Kier alpha value is -2.86. The molecule has 0 amide bonds. The van der Waals surface area contributed by atoms with Gasteiger partial charge in [-0.25, -0.2) is 9.59 Å². The van der Waals surface area contributed by atoms with Crippen LogP contribution in [0.5, 0.6) is 0 Å². The molecule has 1 fully saturated rings. The molecule has 2 heterocycles. The van der Waals surface area contributed by atoms with E-state index in [0.29, 0.717) is 6.42 Å². The fourth-order valence-electron chi connectivity index (χ4n) is 2.98.